The molecule has 0 unspecified atom stereocenters. The zero-order valence-electron chi connectivity index (χ0n) is 16.4. The van der Waals surface area contributed by atoms with Crippen LogP contribution in [0, 0.1) is 13.8 Å². The van der Waals surface area contributed by atoms with Crippen molar-refractivity contribution in [2.45, 2.75) is 20.4 Å². The maximum absolute atomic E-state index is 12.5. The lowest BCUT2D eigenvalue weighted by Gasteiger charge is -2.34. The Hall–Kier alpha value is -2.86. The Bertz CT molecular complexity index is 955. The summed E-state index contributed by atoms with van der Waals surface area (Å²) < 4.78 is 11.0. The number of aryl methyl sites for hydroxylation is 2. The highest BCUT2D eigenvalue weighted by atomic mass is 16.5. The van der Waals surface area contributed by atoms with E-state index in [-0.39, 0.29) is 12.5 Å². The summed E-state index contributed by atoms with van der Waals surface area (Å²) in [6.45, 7) is 7.90. The van der Waals surface area contributed by atoms with E-state index in [1.165, 1.54) is 0 Å². The van der Waals surface area contributed by atoms with Crippen molar-refractivity contribution >= 4 is 16.7 Å². The van der Waals surface area contributed by atoms with Crippen LogP contribution in [0.2, 0.25) is 0 Å². The summed E-state index contributed by atoms with van der Waals surface area (Å²) in [5, 5.41) is 6.29. The molecular formula is C22H25N3O3. The third-order valence-electron chi connectivity index (χ3n) is 5.37. The molecule has 4 rings (SSSR count). The number of carbonyl (C=O) groups is 1. The van der Waals surface area contributed by atoms with E-state index in [1.54, 1.807) is 0 Å². The van der Waals surface area contributed by atoms with Gasteiger partial charge in [-0.05, 0) is 36.8 Å². The van der Waals surface area contributed by atoms with Crippen LogP contribution in [0.15, 0.2) is 47.0 Å². The Kier molecular flexibility index (Phi) is 5.30. The van der Waals surface area contributed by atoms with Gasteiger partial charge in [0.2, 0.25) is 0 Å². The Morgan fingerprint density at radius 1 is 1.07 bits per heavy atom. The highest BCUT2D eigenvalue weighted by molar-refractivity contribution is 5.84. The first-order valence-electron chi connectivity index (χ1n) is 9.63. The van der Waals surface area contributed by atoms with Crippen molar-refractivity contribution < 1.29 is 14.1 Å². The molecule has 1 saturated heterocycles. The molecule has 1 aliphatic rings. The predicted octanol–water partition coefficient (Wildman–Crippen LogP) is 3.17. The van der Waals surface area contributed by atoms with Gasteiger partial charge in [-0.25, -0.2) is 0 Å². The van der Waals surface area contributed by atoms with E-state index >= 15 is 0 Å². The smallest absolute Gasteiger partial charge is 0.260 e. The molecule has 146 valence electrons. The van der Waals surface area contributed by atoms with Crippen LogP contribution in [-0.2, 0) is 11.3 Å². The number of nitrogens with zero attached hydrogens (tertiary/aromatic N) is 3. The van der Waals surface area contributed by atoms with Crippen molar-refractivity contribution in [1.82, 2.24) is 15.0 Å². The minimum atomic E-state index is 0.0325. The van der Waals surface area contributed by atoms with Crippen LogP contribution in [-0.4, -0.2) is 53.6 Å². The van der Waals surface area contributed by atoms with Gasteiger partial charge in [0.05, 0.1) is 5.69 Å². The molecule has 6 nitrogen and oxygen atoms in total. The molecule has 2 heterocycles. The van der Waals surface area contributed by atoms with Gasteiger partial charge in [0.1, 0.15) is 11.5 Å². The average Bonchev–Trinajstić information content (AvgIpc) is 3.04. The molecule has 6 heteroatoms. The first-order chi connectivity index (χ1) is 13.6. The van der Waals surface area contributed by atoms with E-state index in [4.69, 9.17) is 9.26 Å². The SMILES string of the molecule is Cc1noc(C)c1CN1CCN(C(=O)COc2ccc3ccccc3c2)CC1. The fourth-order valence-corrected chi connectivity index (χ4v) is 3.60. The van der Waals surface area contributed by atoms with Gasteiger partial charge in [-0.15, -0.1) is 0 Å². The first-order valence-corrected chi connectivity index (χ1v) is 9.63. The molecule has 0 radical (unpaired) electrons. The summed E-state index contributed by atoms with van der Waals surface area (Å²) in [5.41, 5.74) is 2.10. The van der Waals surface area contributed by atoms with Crippen LogP contribution in [0.1, 0.15) is 17.0 Å². The quantitative estimate of drug-likeness (QED) is 0.682. The van der Waals surface area contributed by atoms with Crippen molar-refractivity contribution in [3.05, 3.63) is 59.5 Å². The van der Waals surface area contributed by atoms with Crippen molar-refractivity contribution in [2.75, 3.05) is 32.8 Å². The normalized spacial score (nSPS) is 15.1. The number of benzene rings is 2. The highest BCUT2D eigenvalue weighted by Gasteiger charge is 2.23. The number of carbonyl (C=O) groups excluding carboxylic acids is 1. The summed E-state index contributed by atoms with van der Waals surface area (Å²) in [4.78, 5) is 16.7. The number of aromatic nitrogens is 1. The molecule has 0 spiro atoms. The predicted molar refractivity (Wildman–Crippen MR) is 107 cm³/mol. The van der Waals surface area contributed by atoms with E-state index in [1.807, 2.05) is 55.1 Å². The van der Waals surface area contributed by atoms with Gasteiger partial charge in [0, 0.05) is 38.3 Å². The molecule has 3 aromatic rings. The molecule has 1 aromatic heterocycles. The van der Waals surface area contributed by atoms with Gasteiger partial charge < -0.3 is 14.2 Å². The molecule has 0 bridgehead atoms. The van der Waals surface area contributed by atoms with Gasteiger partial charge >= 0.3 is 0 Å². The van der Waals surface area contributed by atoms with Crippen LogP contribution < -0.4 is 4.74 Å². The van der Waals surface area contributed by atoms with Crippen molar-refractivity contribution in [3.8, 4) is 5.75 Å². The largest absolute Gasteiger partial charge is 0.484 e. The number of fused-ring (bicyclic) bond motifs is 1. The minimum Gasteiger partial charge on any atom is -0.484 e. The molecule has 28 heavy (non-hydrogen) atoms. The monoisotopic (exact) mass is 379 g/mol. The van der Waals surface area contributed by atoms with Gasteiger partial charge in [-0.1, -0.05) is 35.5 Å². The van der Waals surface area contributed by atoms with E-state index in [2.05, 4.69) is 16.1 Å². The van der Waals surface area contributed by atoms with Crippen molar-refractivity contribution in [3.63, 3.8) is 0 Å². The lowest BCUT2D eigenvalue weighted by atomic mass is 10.1. The van der Waals surface area contributed by atoms with E-state index in [0.717, 1.165) is 53.2 Å². The lowest BCUT2D eigenvalue weighted by Crippen LogP contribution is -2.49. The second-order valence-corrected chi connectivity index (χ2v) is 7.26. The number of ether oxygens (including phenoxy) is 1. The van der Waals surface area contributed by atoms with E-state index in [0.29, 0.717) is 13.1 Å². The summed E-state index contributed by atoms with van der Waals surface area (Å²) in [5.74, 6) is 1.63. The van der Waals surface area contributed by atoms with Crippen molar-refractivity contribution in [2.24, 2.45) is 0 Å². The van der Waals surface area contributed by atoms with Crippen LogP contribution >= 0.6 is 0 Å². The Morgan fingerprint density at radius 2 is 1.82 bits per heavy atom. The standard InChI is InChI=1S/C22H25N3O3/c1-16-21(17(2)28-23-16)14-24-9-11-25(12-10-24)22(26)15-27-20-8-7-18-5-3-4-6-19(18)13-20/h3-8,13H,9-12,14-15H2,1-2H3. The van der Waals surface area contributed by atoms with Crippen LogP contribution in [0.3, 0.4) is 0 Å². The number of rotatable bonds is 5. The zero-order chi connectivity index (χ0) is 19.5. The van der Waals surface area contributed by atoms with Crippen LogP contribution in [0.25, 0.3) is 10.8 Å². The Morgan fingerprint density at radius 3 is 2.54 bits per heavy atom. The highest BCUT2D eigenvalue weighted by Crippen LogP contribution is 2.21. The molecule has 0 atom stereocenters. The molecule has 0 N–H and O–H groups in total. The number of piperazine rings is 1. The number of hydrogen-bond acceptors (Lipinski definition) is 5. The average molecular weight is 379 g/mol. The summed E-state index contributed by atoms with van der Waals surface area (Å²) in [6.07, 6.45) is 0. The Balaban J connectivity index is 1.28. The topological polar surface area (TPSA) is 58.8 Å². The summed E-state index contributed by atoms with van der Waals surface area (Å²) >= 11 is 0. The summed E-state index contributed by atoms with van der Waals surface area (Å²) in [7, 11) is 0. The lowest BCUT2D eigenvalue weighted by molar-refractivity contribution is -0.135. The summed E-state index contributed by atoms with van der Waals surface area (Å²) in [6, 6.07) is 14.0. The number of hydrogen-bond donors (Lipinski definition) is 0. The van der Waals surface area contributed by atoms with Gasteiger partial charge in [0.15, 0.2) is 6.61 Å². The second-order valence-electron chi connectivity index (χ2n) is 7.26. The minimum absolute atomic E-state index is 0.0325. The van der Waals surface area contributed by atoms with Crippen LogP contribution in [0.5, 0.6) is 5.75 Å². The fourth-order valence-electron chi connectivity index (χ4n) is 3.60. The molecular weight excluding hydrogens is 354 g/mol. The maximum Gasteiger partial charge on any atom is 0.260 e. The van der Waals surface area contributed by atoms with Gasteiger partial charge in [-0.2, -0.15) is 0 Å². The third kappa shape index (κ3) is 4.02. The molecule has 0 aliphatic carbocycles. The van der Waals surface area contributed by atoms with Gasteiger partial charge in [-0.3, -0.25) is 9.69 Å². The molecule has 2 aromatic carbocycles. The van der Waals surface area contributed by atoms with Crippen LogP contribution in [0.4, 0.5) is 0 Å². The maximum atomic E-state index is 12.5. The number of amides is 1. The van der Waals surface area contributed by atoms with E-state index < -0.39 is 0 Å². The Labute approximate surface area is 164 Å². The van der Waals surface area contributed by atoms with E-state index in [9.17, 15) is 4.79 Å². The molecule has 1 fully saturated rings. The van der Waals surface area contributed by atoms with Gasteiger partial charge in [0.25, 0.3) is 5.91 Å². The zero-order valence-corrected chi connectivity index (χ0v) is 16.4. The molecule has 0 saturated carbocycles. The molecule has 1 amide bonds. The first kappa shape index (κ1) is 18.5. The second kappa shape index (κ2) is 8.02. The molecule has 1 aliphatic heterocycles. The fraction of sp³-hybridized carbons (Fsp3) is 0.364. The third-order valence-corrected chi connectivity index (χ3v) is 5.37. The van der Waals surface area contributed by atoms with Crippen molar-refractivity contribution in [1.29, 1.82) is 0 Å².